The summed E-state index contributed by atoms with van der Waals surface area (Å²) in [5, 5.41) is 6.07. The average molecular weight is 559 g/mol. The lowest BCUT2D eigenvalue weighted by molar-refractivity contribution is 0.592. The molecule has 4 heteroatoms. The lowest BCUT2D eigenvalue weighted by Gasteiger charge is -2.21. The van der Waals surface area contributed by atoms with Gasteiger partial charge >= 0.3 is 0 Å². The summed E-state index contributed by atoms with van der Waals surface area (Å²) >= 11 is 0. The van der Waals surface area contributed by atoms with Crippen LogP contribution in [0.1, 0.15) is 0 Å². The van der Waals surface area contributed by atoms with Gasteiger partial charge in [-0.3, -0.25) is 0 Å². The molecule has 0 amide bonds. The Morgan fingerprint density at radius 2 is 1.02 bits per heavy atom. The lowest BCUT2D eigenvalue weighted by atomic mass is 10.1. The van der Waals surface area contributed by atoms with Crippen molar-refractivity contribution in [3.8, 4) is 11.4 Å². The maximum atomic E-state index is 15.2. The summed E-state index contributed by atoms with van der Waals surface area (Å²) in [4.78, 5) is 0. The predicted octanol–water partition coefficient (Wildman–Crippen LogP) is 8.37. The standard InChI is InChI=1S/C38H27N2OP/c41-42(31-16-6-2-7-17-31,32-18-8-3-9-19-32)33-20-12-15-30(26-33)40-36-22-11-10-21-34(36)35-25-28-23-24-39(37(28)27-38(35)40)29-13-4-1-5-14-29/h1-27H. The van der Waals surface area contributed by atoms with E-state index in [-0.39, 0.29) is 0 Å². The largest absolute Gasteiger partial charge is 0.316 e. The van der Waals surface area contributed by atoms with Crippen LogP contribution >= 0.6 is 7.14 Å². The number of fused-ring (bicyclic) bond motifs is 4. The van der Waals surface area contributed by atoms with Crippen LogP contribution < -0.4 is 15.9 Å². The van der Waals surface area contributed by atoms with E-state index >= 15 is 4.57 Å². The van der Waals surface area contributed by atoms with Crippen LogP contribution in [0, 0.1) is 0 Å². The third kappa shape index (κ3) is 3.79. The first kappa shape index (κ1) is 24.7. The highest BCUT2D eigenvalue weighted by atomic mass is 31.2. The molecule has 3 nitrogen and oxygen atoms in total. The highest BCUT2D eigenvalue weighted by Gasteiger charge is 2.30. The Balaban J connectivity index is 1.40. The molecule has 0 saturated carbocycles. The van der Waals surface area contributed by atoms with Crippen molar-refractivity contribution in [2.24, 2.45) is 0 Å². The Morgan fingerprint density at radius 3 is 1.74 bits per heavy atom. The van der Waals surface area contributed by atoms with E-state index in [2.05, 4.69) is 94.2 Å². The third-order valence-corrected chi connectivity index (χ3v) is 11.3. The molecule has 0 fully saturated rings. The minimum Gasteiger partial charge on any atom is -0.316 e. The van der Waals surface area contributed by atoms with Gasteiger partial charge in [0.05, 0.1) is 16.6 Å². The van der Waals surface area contributed by atoms with Crippen molar-refractivity contribution in [1.82, 2.24) is 9.13 Å². The van der Waals surface area contributed by atoms with Gasteiger partial charge in [0.1, 0.15) is 0 Å². The smallest absolute Gasteiger partial charge is 0.171 e. The van der Waals surface area contributed by atoms with Gasteiger partial charge < -0.3 is 13.7 Å². The normalized spacial score (nSPS) is 11.9. The van der Waals surface area contributed by atoms with Crippen molar-refractivity contribution in [2.75, 3.05) is 0 Å². The van der Waals surface area contributed by atoms with Crippen LogP contribution in [0.3, 0.4) is 0 Å². The summed E-state index contributed by atoms with van der Waals surface area (Å²) in [6.45, 7) is 0. The summed E-state index contributed by atoms with van der Waals surface area (Å²) in [7, 11) is -3.12. The Hall–Kier alpha value is -5.11. The molecule has 0 atom stereocenters. The molecule has 6 aromatic carbocycles. The van der Waals surface area contributed by atoms with Crippen LogP contribution in [-0.4, -0.2) is 9.13 Å². The molecule has 200 valence electrons. The van der Waals surface area contributed by atoms with Gasteiger partial charge in [0.25, 0.3) is 0 Å². The predicted molar refractivity (Wildman–Crippen MR) is 177 cm³/mol. The second-order valence-electron chi connectivity index (χ2n) is 10.6. The van der Waals surface area contributed by atoms with Crippen molar-refractivity contribution in [3.63, 3.8) is 0 Å². The van der Waals surface area contributed by atoms with Gasteiger partial charge in [0, 0.05) is 49.6 Å². The molecule has 0 spiro atoms. The molecule has 8 aromatic rings. The molecule has 2 heterocycles. The number of hydrogen-bond donors (Lipinski definition) is 0. The van der Waals surface area contributed by atoms with E-state index in [1.165, 1.54) is 16.2 Å². The molecule has 0 unspecified atom stereocenters. The van der Waals surface area contributed by atoms with Gasteiger partial charge in [-0.05, 0) is 48.5 Å². The topological polar surface area (TPSA) is 26.9 Å². The van der Waals surface area contributed by atoms with Crippen molar-refractivity contribution < 1.29 is 4.57 Å². The van der Waals surface area contributed by atoms with Crippen LogP contribution in [0.4, 0.5) is 0 Å². The summed E-state index contributed by atoms with van der Waals surface area (Å²) < 4.78 is 19.8. The Morgan fingerprint density at radius 1 is 0.429 bits per heavy atom. The summed E-state index contributed by atoms with van der Waals surface area (Å²) in [5.74, 6) is 0. The zero-order valence-corrected chi connectivity index (χ0v) is 23.7. The van der Waals surface area contributed by atoms with Gasteiger partial charge in [-0.15, -0.1) is 0 Å². The van der Waals surface area contributed by atoms with E-state index in [9.17, 15) is 0 Å². The van der Waals surface area contributed by atoms with E-state index in [1.807, 2.05) is 78.9 Å². The van der Waals surface area contributed by atoms with Crippen LogP contribution in [0.2, 0.25) is 0 Å². The third-order valence-electron chi connectivity index (χ3n) is 8.21. The van der Waals surface area contributed by atoms with E-state index in [4.69, 9.17) is 0 Å². The van der Waals surface area contributed by atoms with Crippen LogP contribution in [0.5, 0.6) is 0 Å². The fourth-order valence-electron chi connectivity index (χ4n) is 6.24. The van der Waals surface area contributed by atoms with Crippen LogP contribution in [0.15, 0.2) is 164 Å². The van der Waals surface area contributed by atoms with Crippen LogP contribution in [0.25, 0.3) is 44.1 Å². The van der Waals surface area contributed by atoms with E-state index in [0.29, 0.717) is 0 Å². The fourth-order valence-corrected chi connectivity index (χ4v) is 8.93. The number of benzene rings is 6. The Labute approximate surface area is 244 Å². The minimum absolute atomic E-state index is 0.817. The number of para-hydroxylation sites is 2. The van der Waals surface area contributed by atoms with E-state index in [0.717, 1.165) is 43.8 Å². The number of rotatable bonds is 5. The molecule has 0 radical (unpaired) electrons. The summed E-state index contributed by atoms with van der Waals surface area (Å²) in [6.07, 6.45) is 2.14. The van der Waals surface area contributed by atoms with E-state index < -0.39 is 7.14 Å². The monoisotopic (exact) mass is 558 g/mol. The van der Waals surface area contributed by atoms with Crippen molar-refractivity contribution in [1.29, 1.82) is 0 Å². The molecular weight excluding hydrogens is 531 g/mol. The molecule has 0 N–H and O–H groups in total. The first-order valence-corrected chi connectivity index (χ1v) is 15.8. The van der Waals surface area contributed by atoms with Crippen molar-refractivity contribution >= 4 is 55.8 Å². The molecular formula is C38H27N2OP. The number of aromatic nitrogens is 2. The Kier molecular flexibility index (Phi) is 5.73. The second kappa shape index (κ2) is 9.76. The molecule has 0 aliphatic carbocycles. The Bertz CT molecular complexity index is 2220. The quantitative estimate of drug-likeness (QED) is 0.195. The molecule has 8 rings (SSSR count). The maximum absolute atomic E-state index is 15.2. The fraction of sp³-hybridized carbons (Fsp3) is 0. The zero-order valence-electron chi connectivity index (χ0n) is 22.8. The zero-order chi connectivity index (χ0) is 28.1. The molecule has 2 aromatic heterocycles. The summed E-state index contributed by atoms with van der Waals surface area (Å²) in [5.41, 5.74) is 5.50. The molecule has 0 aliphatic heterocycles. The first-order chi connectivity index (χ1) is 20.7. The van der Waals surface area contributed by atoms with E-state index in [1.54, 1.807) is 0 Å². The van der Waals surface area contributed by atoms with Gasteiger partial charge in [-0.1, -0.05) is 109 Å². The maximum Gasteiger partial charge on any atom is 0.171 e. The average Bonchev–Trinajstić information content (AvgIpc) is 3.63. The van der Waals surface area contributed by atoms with Gasteiger partial charge in [0.15, 0.2) is 7.14 Å². The second-order valence-corrected chi connectivity index (χ2v) is 13.4. The van der Waals surface area contributed by atoms with Gasteiger partial charge in [-0.25, -0.2) is 0 Å². The van der Waals surface area contributed by atoms with Crippen molar-refractivity contribution in [2.45, 2.75) is 0 Å². The molecule has 42 heavy (non-hydrogen) atoms. The molecule has 0 bridgehead atoms. The summed E-state index contributed by atoms with van der Waals surface area (Å²) in [6, 6.07) is 53.8. The SMILES string of the molecule is O=P(c1ccccc1)(c1ccccc1)c1cccc(-n2c3ccccc3c3cc4ccn(-c5ccccc5)c4cc32)c1. The van der Waals surface area contributed by atoms with Crippen LogP contribution in [-0.2, 0) is 4.57 Å². The molecule has 0 aliphatic rings. The number of hydrogen-bond acceptors (Lipinski definition) is 1. The molecule has 0 saturated heterocycles. The lowest BCUT2D eigenvalue weighted by Crippen LogP contribution is -2.25. The minimum atomic E-state index is -3.12. The van der Waals surface area contributed by atoms with Gasteiger partial charge in [-0.2, -0.15) is 0 Å². The van der Waals surface area contributed by atoms with Gasteiger partial charge in [0.2, 0.25) is 0 Å². The first-order valence-electron chi connectivity index (χ1n) is 14.1. The van der Waals surface area contributed by atoms with Crippen molar-refractivity contribution in [3.05, 3.63) is 164 Å². The highest BCUT2D eigenvalue weighted by molar-refractivity contribution is 7.85. The number of nitrogens with zero attached hydrogens (tertiary/aromatic N) is 2. The highest BCUT2D eigenvalue weighted by Crippen LogP contribution is 2.43.